The Labute approximate surface area is 183 Å². The van der Waals surface area contributed by atoms with Crippen LogP contribution in [0, 0.1) is 35.2 Å². The molecular weight excluding hydrogens is 423 g/mol. The second kappa shape index (κ2) is 10.7. The number of benzene rings is 2. The highest BCUT2D eigenvalue weighted by molar-refractivity contribution is 6.03. The summed E-state index contributed by atoms with van der Waals surface area (Å²) in [4.78, 5) is 6.19. The van der Waals surface area contributed by atoms with Crippen LogP contribution in [0.4, 0.5) is 24.5 Å². The van der Waals surface area contributed by atoms with Crippen LogP contribution in [0.1, 0.15) is 11.1 Å². The smallest absolute Gasteiger partial charge is 0.288 e. The third kappa shape index (κ3) is 5.78. The van der Waals surface area contributed by atoms with Gasteiger partial charge >= 0.3 is 0 Å². The molecule has 32 heavy (non-hydrogen) atoms. The van der Waals surface area contributed by atoms with Crippen molar-refractivity contribution in [1.29, 1.82) is 5.41 Å². The van der Waals surface area contributed by atoms with E-state index in [-0.39, 0.29) is 22.8 Å². The number of morpholine rings is 1. The van der Waals surface area contributed by atoms with Gasteiger partial charge in [0.15, 0.2) is 11.6 Å². The fourth-order valence-electron chi connectivity index (χ4n) is 3.02. The van der Waals surface area contributed by atoms with E-state index in [1.165, 1.54) is 12.1 Å². The van der Waals surface area contributed by atoms with E-state index in [2.05, 4.69) is 21.1 Å². The van der Waals surface area contributed by atoms with Crippen LogP contribution >= 0.6 is 0 Å². The van der Waals surface area contributed by atoms with Crippen molar-refractivity contribution in [3.63, 3.8) is 0 Å². The Kier molecular flexibility index (Phi) is 7.70. The van der Waals surface area contributed by atoms with E-state index >= 15 is 0 Å². The van der Waals surface area contributed by atoms with Crippen LogP contribution in [0.25, 0.3) is 0 Å². The first kappa shape index (κ1) is 23.1. The summed E-state index contributed by atoms with van der Waals surface area (Å²) < 4.78 is 53.1. The number of halogens is 3. The lowest BCUT2D eigenvalue weighted by Crippen LogP contribution is -2.38. The van der Waals surface area contributed by atoms with Gasteiger partial charge in [0.25, 0.3) is 6.02 Å². The lowest BCUT2D eigenvalue weighted by Gasteiger charge is -2.25. The molecule has 7 nitrogen and oxygen atoms in total. The summed E-state index contributed by atoms with van der Waals surface area (Å²) in [5, 5.41) is 10.6. The van der Waals surface area contributed by atoms with Crippen molar-refractivity contribution in [2.24, 2.45) is 10.7 Å². The lowest BCUT2D eigenvalue weighted by atomic mass is 10.1. The van der Waals surface area contributed by atoms with Gasteiger partial charge in [-0.25, -0.2) is 18.2 Å². The molecule has 0 amide bonds. The van der Waals surface area contributed by atoms with Crippen LogP contribution in [0.2, 0.25) is 0 Å². The van der Waals surface area contributed by atoms with E-state index in [0.29, 0.717) is 26.3 Å². The van der Waals surface area contributed by atoms with Crippen molar-refractivity contribution in [3.05, 3.63) is 58.9 Å². The second-order valence-corrected chi connectivity index (χ2v) is 6.85. The Balaban J connectivity index is 1.74. The van der Waals surface area contributed by atoms with E-state index in [4.69, 9.17) is 27.0 Å². The van der Waals surface area contributed by atoms with Crippen molar-refractivity contribution in [2.45, 2.75) is 0 Å². The molecule has 0 radical (unpaired) electrons. The number of hydrogen-bond donors (Lipinski definition) is 3. The van der Waals surface area contributed by atoms with Crippen LogP contribution in [-0.4, -0.2) is 56.2 Å². The zero-order valence-corrected chi connectivity index (χ0v) is 17.1. The van der Waals surface area contributed by atoms with Gasteiger partial charge in [-0.2, -0.15) is 0 Å². The van der Waals surface area contributed by atoms with Crippen molar-refractivity contribution < 1.29 is 22.6 Å². The van der Waals surface area contributed by atoms with Crippen LogP contribution in [0.5, 0.6) is 0 Å². The molecule has 0 saturated carbocycles. The van der Waals surface area contributed by atoms with Crippen molar-refractivity contribution in [1.82, 2.24) is 4.90 Å². The highest BCUT2D eigenvalue weighted by atomic mass is 19.2. The molecule has 1 heterocycles. The molecule has 0 bridgehead atoms. The Morgan fingerprint density at radius 3 is 2.66 bits per heavy atom. The first-order chi connectivity index (χ1) is 15.4. The number of nitrogens with two attached hydrogens (primary N) is 1. The van der Waals surface area contributed by atoms with E-state index in [1.807, 2.05) is 0 Å². The molecule has 4 N–H and O–H groups in total. The minimum Gasteiger partial charge on any atom is -0.407 e. The quantitative estimate of drug-likeness (QED) is 0.361. The molecular formula is C22H22F3N5O2. The lowest BCUT2D eigenvalue weighted by molar-refractivity contribution is 0.0394. The number of amidine groups is 1. The largest absolute Gasteiger partial charge is 0.407 e. The summed E-state index contributed by atoms with van der Waals surface area (Å²) in [5.74, 6) is -1.57. The highest BCUT2D eigenvalue weighted by Gasteiger charge is 2.20. The van der Waals surface area contributed by atoms with E-state index in [0.717, 1.165) is 31.3 Å². The van der Waals surface area contributed by atoms with Gasteiger partial charge in [-0.1, -0.05) is 5.92 Å². The van der Waals surface area contributed by atoms with Gasteiger partial charge in [0.05, 0.1) is 36.7 Å². The average Bonchev–Trinajstić information content (AvgIpc) is 2.78. The summed E-state index contributed by atoms with van der Waals surface area (Å²) in [6.45, 7) is 3.83. The van der Waals surface area contributed by atoms with Gasteiger partial charge < -0.3 is 20.5 Å². The molecule has 0 spiro atoms. The summed E-state index contributed by atoms with van der Waals surface area (Å²) >= 11 is 0. The number of anilines is 2. The average molecular weight is 445 g/mol. The van der Waals surface area contributed by atoms with Gasteiger partial charge in [-0.3, -0.25) is 10.3 Å². The topological polar surface area (TPSA) is 96.0 Å². The number of nitrogens with one attached hydrogen (secondary N) is 2. The third-order valence-corrected chi connectivity index (χ3v) is 4.73. The molecule has 1 saturated heterocycles. The predicted octanol–water partition coefficient (Wildman–Crippen LogP) is 2.82. The molecule has 0 aliphatic carbocycles. The van der Waals surface area contributed by atoms with Gasteiger partial charge in [0.1, 0.15) is 5.82 Å². The Bertz CT molecular complexity index is 1060. The zero-order valence-electron chi connectivity index (χ0n) is 17.1. The van der Waals surface area contributed by atoms with E-state index in [9.17, 15) is 13.2 Å². The summed E-state index contributed by atoms with van der Waals surface area (Å²) in [6.07, 6.45) is 5.23. The fourth-order valence-corrected chi connectivity index (χ4v) is 3.02. The maximum absolute atomic E-state index is 14.5. The van der Waals surface area contributed by atoms with E-state index < -0.39 is 29.0 Å². The standard InChI is InChI=1S/C22H22F3N5O2/c1-2-14-3-6-18(17(24)13-14)29-20-15(4-5-16(23)19(20)25)21(26)32-22(27)28-7-8-30-9-11-31-12-10-30/h1,3-6,13,26,29H,7-12H2,(H2,27,28). The maximum atomic E-state index is 14.5. The van der Waals surface area contributed by atoms with Gasteiger partial charge in [-0.05, 0) is 30.3 Å². The fraction of sp³-hybridized carbons (Fsp3) is 0.273. The molecule has 1 aliphatic rings. The monoisotopic (exact) mass is 445 g/mol. The molecule has 2 aromatic carbocycles. The molecule has 10 heteroatoms. The Morgan fingerprint density at radius 1 is 1.22 bits per heavy atom. The SMILES string of the molecule is C#Cc1ccc(Nc2c(C(=N)OC(N)=NCCN3CCOCC3)ccc(F)c2F)c(F)c1. The van der Waals surface area contributed by atoms with Gasteiger partial charge in [-0.15, -0.1) is 6.42 Å². The Morgan fingerprint density at radius 2 is 1.97 bits per heavy atom. The molecule has 2 aromatic rings. The number of hydrogen-bond acceptors (Lipinski definition) is 6. The van der Waals surface area contributed by atoms with Gasteiger partial charge in [0.2, 0.25) is 5.90 Å². The molecule has 168 valence electrons. The third-order valence-electron chi connectivity index (χ3n) is 4.73. The molecule has 0 unspecified atom stereocenters. The van der Waals surface area contributed by atoms with Crippen LogP contribution < -0.4 is 11.1 Å². The minimum absolute atomic E-state index is 0.158. The number of ether oxygens (including phenoxy) is 2. The summed E-state index contributed by atoms with van der Waals surface area (Å²) in [7, 11) is 0. The first-order valence-electron chi connectivity index (χ1n) is 9.77. The summed E-state index contributed by atoms with van der Waals surface area (Å²) in [5.41, 5.74) is 5.20. The summed E-state index contributed by atoms with van der Waals surface area (Å²) in [6, 6.07) is 5.44. The van der Waals surface area contributed by atoms with Crippen LogP contribution in [0.3, 0.4) is 0 Å². The zero-order chi connectivity index (χ0) is 23.1. The van der Waals surface area contributed by atoms with Crippen LogP contribution in [-0.2, 0) is 9.47 Å². The van der Waals surface area contributed by atoms with Crippen LogP contribution in [0.15, 0.2) is 35.3 Å². The van der Waals surface area contributed by atoms with Crippen molar-refractivity contribution in [2.75, 3.05) is 44.7 Å². The maximum Gasteiger partial charge on any atom is 0.288 e. The molecule has 1 aliphatic heterocycles. The first-order valence-corrected chi connectivity index (χ1v) is 9.77. The van der Waals surface area contributed by atoms with Crippen molar-refractivity contribution in [3.8, 4) is 12.3 Å². The number of aliphatic imine (C=N–C) groups is 1. The molecule has 1 fully saturated rings. The normalized spacial score (nSPS) is 14.6. The second-order valence-electron chi connectivity index (χ2n) is 6.85. The minimum atomic E-state index is -1.31. The molecule has 0 atom stereocenters. The molecule has 3 rings (SSSR count). The number of terminal acetylenes is 1. The highest BCUT2D eigenvalue weighted by Crippen LogP contribution is 2.28. The van der Waals surface area contributed by atoms with E-state index in [1.54, 1.807) is 0 Å². The predicted molar refractivity (Wildman–Crippen MR) is 116 cm³/mol. The Hall–Kier alpha value is -3.55. The number of nitrogens with zero attached hydrogens (tertiary/aromatic N) is 2. The van der Waals surface area contributed by atoms with Crippen molar-refractivity contribution >= 4 is 23.3 Å². The molecule has 0 aromatic heterocycles. The number of rotatable bonds is 6. The van der Waals surface area contributed by atoms with Gasteiger partial charge in [0, 0.05) is 25.2 Å².